The minimum Gasteiger partial charge on any atom is -0.467 e. The fourth-order valence-corrected chi connectivity index (χ4v) is 0.644. The van der Waals surface area contributed by atoms with Gasteiger partial charge in [-0.1, -0.05) is 0 Å². The van der Waals surface area contributed by atoms with Crippen molar-refractivity contribution in [3.05, 3.63) is 0 Å². The molecule has 0 rings (SSSR count). The predicted molar refractivity (Wildman–Crippen MR) is 39.7 cm³/mol. The first kappa shape index (κ1) is 10.4. The van der Waals surface area contributed by atoms with Crippen molar-refractivity contribution < 1.29 is 9.53 Å². The number of hydrogen-bond donors (Lipinski definition) is 0. The number of hydrogen-bond acceptors (Lipinski definition) is 5. The first-order valence-electron chi connectivity index (χ1n) is 3.36. The zero-order chi connectivity index (χ0) is 9.23. The van der Waals surface area contributed by atoms with Gasteiger partial charge >= 0.3 is 0 Å². The third-order valence-electron chi connectivity index (χ3n) is 1.18. The van der Waals surface area contributed by atoms with Gasteiger partial charge in [0.2, 0.25) is 0 Å². The summed E-state index contributed by atoms with van der Waals surface area (Å²) in [4.78, 5) is 11.3. The van der Waals surface area contributed by atoms with Gasteiger partial charge in [0.15, 0.2) is 0 Å². The Morgan fingerprint density at radius 2 is 1.92 bits per heavy atom. The largest absolute Gasteiger partial charge is 0.467 e. The van der Waals surface area contributed by atoms with Crippen molar-refractivity contribution in [2.45, 2.75) is 0 Å². The molecule has 0 aliphatic carbocycles. The topological polar surface area (TPSA) is 77.1 Å². The van der Waals surface area contributed by atoms with E-state index >= 15 is 0 Å². The highest BCUT2D eigenvalue weighted by Gasteiger charge is 2.01. The number of carbonyl (C=O) groups is 1. The molecule has 0 radical (unpaired) electrons. The van der Waals surface area contributed by atoms with Crippen molar-refractivity contribution in [3.8, 4) is 12.1 Å². The van der Waals surface area contributed by atoms with E-state index < -0.39 is 0 Å². The third-order valence-corrected chi connectivity index (χ3v) is 1.18. The van der Waals surface area contributed by atoms with Gasteiger partial charge in [-0.25, -0.2) is 0 Å². The molecule has 0 aromatic carbocycles. The molecule has 5 heteroatoms. The van der Waals surface area contributed by atoms with Crippen molar-refractivity contribution in [2.75, 3.05) is 26.2 Å². The highest BCUT2D eigenvalue weighted by molar-refractivity contribution is 5.36. The SMILES string of the molecule is N#CCN(CC#N)CCOC=O. The van der Waals surface area contributed by atoms with Crippen molar-refractivity contribution in [2.24, 2.45) is 0 Å². The van der Waals surface area contributed by atoms with Gasteiger partial charge in [0.25, 0.3) is 6.47 Å². The van der Waals surface area contributed by atoms with E-state index in [9.17, 15) is 4.79 Å². The molecule has 0 saturated heterocycles. The Labute approximate surface area is 70.7 Å². The van der Waals surface area contributed by atoms with Gasteiger partial charge in [-0.15, -0.1) is 0 Å². The molecular formula is C7H9N3O2. The molecule has 12 heavy (non-hydrogen) atoms. The molecule has 0 heterocycles. The van der Waals surface area contributed by atoms with Gasteiger partial charge in [0, 0.05) is 6.54 Å². The quantitative estimate of drug-likeness (QED) is 0.303. The number of ether oxygens (including phenoxy) is 1. The second-order valence-corrected chi connectivity index (χ2v) is 1.99. The molecule has 5 nitrogen and oxygen atoms in total. The number of nitriles is 2. The molecule has 0 bridgehead atoms. The lowest BCUT2D eigenvalue weighted by atomic mass is 10.5. The first-order valence-corrected chi connectivity index (χ1v) is 3.36. The van der Waals surface area contributed by atoms with E-state index in [-0.39, 0.29) is 19.7 Å². The van der Waals surface area contributed by atoms with Gasteiger partial charge in [-0.3, -0.25) is 9.69 Å². The van der Waals surface area contributed by atoms with Crippen LogP contribution in [0.4, 0.5) is 0 Å². The summed E-state index contributed by atoms with van der Waals surface area (Å²) in [5.41, 5.74) is 0. The van der Waals surface area contributed by atoms with Crippen LogP contribution in [0.3, 0.4) is 0 Å². The summed E-state index contributed by atoms with van der Waals surface area (Å²) in [6, 6.07) is 3.82. The maximum absolute atomic E-state index is 9.73. The maximum atomic E-state index is 9.73. The summed E-state index contributed by atoms with van der Waals surface area (Å²) in [7, 11) is 0. The predicted octanol–water partition coefficient (Wildman–Crippen LogP) is -0.491. The monoisotopic (exact) mass is 167 g/mol. The molecule has 0 saturated carbocycles. The van der Waals surface area contributed by atoms with Crippen molar-refractivity contribution >= 4 is 6.47 Å². The third kappa shape index (κ3) is 5.21. The molecule has 0 fully saturated rings. The average molecular weight is 167 g/mol. The van der Waals surface area contributed by atoms with Crippen molar-refractivity contribution in [1.29, 1.82) is 10.5 Å². The standard InChI is InChI=1S/C7H9N3O2/c8-1-3-10(4-2-9)5-6-12-7-11/h7H,3-6H2. The van der Waals surface area contributed by atoms with Crippen LogP contribution in [-0.2, 0) is 9.53 Å². The lowest BCUT2D eigenvalue weighted by molar-refractivity contribution is -0.129. The molecule has 0 aromatic rings. The lowest BCUT2D eigenvalue weighted by Crippen LogP contribution is -2.28. The van der Waals surface area contributed by atoms with Crippen LogP contribution in [0.1, 0.15) is 0 Å². The van der Waals surface area contributed by atoms with Crippen molar-refractivity contribution in [1.82, 2.24) is 4.90 Å². The van der Waals surface area contributed by atoms with Crippen LogP contribution in [0, 0.1) is 22.7 Å². The Morgan fingerprint density at radius 1 is 1.33 bits per heavy atom. The van der Waals surface area contributed by atoms with Gasteiger partial charge in [-0.05, 0) is 0 Å². The zero-order valence-corrected chi connectivity index (χ0v) is 6.56. The number of nitrogens with zero attached hydrogens (tertiary/aromatic N) is 3. The molecule has 0 aliphatic heterocycles. The summed E-state index contributed by atoms with van der Waals surface area (Å²) in [5, 5.41) is 16.6. The Hall–Kier alpha value is -1.59. The van der Waals surface area contributed by atoms with Gasteiger partial charge in [0.05, 0.1) is 25.2 Å². The van der Waals surface area contributed by atoms with E-state index in [2.05, 4.69) is 4.74 Å². The summed E-state index contributed by atoms with van der Waals surface area (Å²) in [5.74, 6) is 0. The van der Waals surface area contributed by atoms with Gasteiger partial charge in [-0.2, -0.15) is 10.5 Å². The van der Waals surface area contributed by atoms with Crippen LogP contribution in [0.15, 0.2) is 0 Å². The molecule has 0 unspecified atom stereocenters. The molecule has 0 atom stereocenters. The fourth-order valence-electron chi connectivity index (χ4n) is 0.644. The Kier molecular flexibility index (Phi) is 6.52. The van der Waals surface area contributed by atoms with E-state index in [1.807, 2.05) is 12.1 Å². The molecule has 0 spiro atoms. The van der Waals surface area contributed by atoms with E-state index in [0.29, 0.717) is 13.0 Å². The summed E-state index contributed by atoms with van der Waals surface area (Å²) in [6.07, 6.45) is 0. The Bertz CT molecular complexity index is 188. The molecule has 0 amide bonds. The maximum Gasteiger partial charge on any atom is 0.293 e. The highest BCUT2D eigenvalue weighted by Crippen LogP contribution is 1.85. The van der Waals surface area contributed by atoms with Crippen LogP contribution < -0.4 is 0 Å². The van der Waals surface area contributed by atoms with Gasteiger partial charge < -0.3 is 4.74 Å². The molecular weight excluding hydrogens is 158 g/mol. The normalized spacial score (nSPS) is 8.58. The minimum absolute atomic E-state index is 0.176. The minimum atomic E-state index is 0.176. The Morgan fingerprint density at radius 3 is 2.33 bits per heavy atom. The Balaban J connectivity index is 3.58. The summed E-state index contributed by atoms with van der Waals surface area (Å²) >= 11 is 0. The second-order valence-electron chi connectivity index (χ2n) is 1.99. The molecule has 0 aliphatic rings. The van der Waals surface area contributed by atoms with E-state index in [0.717, 1.165) is 0 Å². The second kappa shape index (κ2) is 7.52. The lowest BCUT2D eigenvalue weighted by Gasteiger charge is -2.13. The fraction of sp³-hybridized carbons (Fsp3) is 0.571. The van der Waals surface area contributed by atoms with Crippen LogP contribution in [-0.4, -0.2) is 37.6 Å². The van der Waals surface area contributed by atoms with Crippen LogP contribution in [0.5, 0.6) is 0 Å². The van der Waals surface area contributed by atoms with Gasteiger partial charge in [0.1, 0.15) is 6.61 Å². The van der Waals surface area contributed by atoms with E-state index in [1.54, 1.807) is 4.90 Å². The number of rotatable bonds is 6. The first-order chi connectivity index (χ1) is 5.85. The smallest absolute Gasteiger partial charge is 0.293 e. The highest BCUT2D eigenvalue weighted by atomic mass is 16.5. The molecule has 0 aromatic heterocycles. The van der Waals surface area contributed by atoms with E-state index in [1.165, 1.54) is 0 Å². The summed E-state index contributed by atoms with van der Waals surface area (Å²) in [6.45, 7) is 1.33. The van der Waals surface area contributed by atoms with Crippen LogP contribution in [0.2, 0.25) is 0 Å². The van der Waals surface area contributed by atoms with E-state index in [4.69, 9.17) is 10.5 Å². The van der Waals surface area contributed by atoms with Crippen LogP contribution in [0.25, 0.3) is 0 Å². The number of carbonyl (C=O) groups excluding carboxylic acids is 1. The summed E-state index contributed by atoms with van der Waals surface area (Å²) < 4.78 is 4.42. The average Bonchev–Trinajstić information content (AvgIpc) is 2.06. The van der Waals surface area contributed by atoms with Crippen molar-refractivity contribution in [3.63, 3.8) is 0 Å². The van der Waals surface area contributed by atoms with Crippen LogP contribution >= 0.6 is 0 Å². The zero-order valence-electron chi connectivity index (χ0n) is 6.56. The molecule has 0 N–H and O–H groups in total. The molecule has 64 valence electrons.